The van der Waals surface area contributed by atoms with Gasteiger partial charge in [-0.25, -0.2) is 0 Å². The lowest BCUT2D eigenvalue weighted by Gasteiger charge is -2.19. The molecule has 3 rings (SSSR count). The van der Waals surface area contributed by atoms with E-state index in [1.807, 2.05) is 19.2 Å². The maximum absolute atomic E-state index is 12.7. The third-order valence-electron chi connectivity index (χ3n) is 6.36. The molecule has 202 valence electrons. The monoisotopic (exact) mass is 512 g/mol. The van der Waals surface area contributed by atoms with E-state index in [1.165, 1.54) is 19.2 Å². The van der Waals surface area contributed by atoms with Gasteiger partial charge in [0.2, 0.25) is 16.9 Å². The van der Waals surface area contributed by atoms with Gasteiger partial charge in [0.15, 0.2) is 17.1 Å². The van der Waals surface area contributed by atoms with Gasteiger partial charge < -0.3 is 40.6 Å². The Morgan fingerprint density at radius 3 is 2.22 bits per heavy atom. The number of nitrogens with one attached hydrogen (secondary N) is 2. The van der Waals surface area contributed by atoms with Crippen LogP contribution in [-0.4, -0.2) is 63.6 Å². The van der Waals surface area contributed by atoms with Crippen LogP contribution in [0.15, 0.2) is 45.6 Å². The van der Waals surface area contributed by atoms with Crippen molar-refractivity contribution >= 4 is 16.7 Å². The number of phenols is 1. The first kappa shape index (κ1) is 28.3. The number of unbranched alkanes of at least 4 members (excludes halogenated alkanes) is 2. The summed E-state index contributed by atoms with van der Waals surface area (Å²) in [4.78, 5) is 14.9. The maximum Gasteiger partial charge on any atom is 0.235 e. The minimum Gasteiger partial charge on any atom is -0.504 e. The average molecular weight is 513 g/mol. The Labute approximate surface area is 218 Å². The van der Waals surface area contributed by atoms with Crippen LogP contribution in [0.3, 0.4) is 0 Å². The Morgan fingerprint density at radius 1 is 0.919 bits per heavy atom. The number of rotatable bonds is 16. The predicted octanol–water partition coefficient (Wildman–Crippen LogP) is 3.40. The molecule has 9 nitrogen and oxygen atoms in total. The van der Waals surface area contributed by atoms with E-state index in [0.29, 0.717) is 5.56 Å². The molecule has 37 heavy (non-hydrogen) atoms. The molecular formula is C28H40N4O5. The first-order valence-corrected chi connectivity index (χ1v) is 13.0. The summed E-state index contributed by atoms with van der Waals surface area (Å²) in [5.41, 5.74) is 6.58. The van der Waals surface area contributed by atoms with E-state index in [0.717, 1.165) is 77.1 Å². The molecule has 0 radical (unpaired) electrons. The molecule has 9 heteroatoms. The highest BCUT2D eigenvalue weighted by Crippen LogP contribution is 2.38. The molecule has 1 heterocycles. The van der Waals surface area contributed by atoms with Crippen molar-refractivity contribution in [2.45, 2.75) is 32.1 Å². The second kappa shape index (κ2) is 14.5. The Balaban J connectivity index is 1.49. The number of nitrogens with zero attached hydrogens (tertiary/aromatic N) is 1. The molecule has 6 N–H and O–H groups in total. The van der Waals surface area contributed by atoms with Gasteiger partial charge in [-0.15, -0.1) is 0 Å². The molecular weight excluding hydrogens is 472 g/mol. The SMILES string of the molecule is COc1c(O)ccc2c(=O)c(O)c(-c3ccc(N(C)CCCCNCCCNCCCCN)cc3)oc12. The molecule has 0 aliphatic heterocycles. The van der Waals surface area contributed by atoms with E-state index in [2.05, 4.69) is 15.5 Å². The summed E-state index contributed by atoms with van der Waals surface area (Å²) in [5, 5.41) is 27.6. The van der Waals surface area contributed by atoms with E-state index in [4.69, 9.17) is 14.9 Å². The van der Waals surface area contributed by atoms with Crippen molar-refractivity contribution in [3.63, 3.8) is 0 Å². The Kier molecular flexibility index (Phi) is 11.1. The van der Waals surface area contributed by atoms with E-state index in [9.17, 15) is 15.0 Å². The van der Waals surface area contributed by atoms with Gasteiger partial charge in [0.1, 0.15) is 0 Å². The molecule has 3 aromatic rings. The maximum atomic E-state index is 12.7. The fourth-order valence-electron chi connectivity index (χ4n) is 4.18. The van der Waals surface area contributed by atoms with Crippen molar-refractivity contribution < 1.29 is 19.4 Å². The third kappa shape index (κ3) is 7.61. The number of aromatic hydroxyl groups is 2. The third-order valence-corrected chi connectivity index (χ3v) is 6.36. The van der Waals surface area contributed by atoms with E-state index < -0.39 is 11.2 Å². The normalized spacial score (nSPS) is 11.2. The number of fused-ring (bicyclic) bond motifs is 1. The van der Waals surface area contributed by atoms with Crippen LogP contribution >= 0.6 is 0 Å². The van der Waals surface area contributed by atoms with Crippen LogP contribution in [0, 0.1) is 0 Å². The fraction of sp³-hybridized carbons (Fsp3) is 0.464. The van der Waals surface area contributed by atoms with Crippen molar-refractivity contribution in [2.24, 2.45) is 5.73 Å². The summed E-state index contributed by atoms with van der Waals surface area (Å²) in [6.45, 7) is 5.77. The zero-order valence-corrected chi connectivity index (χ0v) is 21.9. The first-order valence-electron chi connectivity index (χ1n) is 13.0. The molecule has 0 saturated carbocycles. The summed E-state index contributed by atoms with van der Waals surface area (Å²) in [6.07, 6.45) is 5.50. The fourth-order valence-corrected chi connectivity index (χ4v) is 4.18. The molecule has 0 spiro atoms. The Bertz CT molecular complexity index is 1180. The van der Waals surface area contributed by atoms with Crippen molar-refractivity contribution in [1.82, 2.24) is 10.6 Å². The molecule has 0 fully saturated rings. The molecule has 1 aromatic heterocycles. The summed E-state index contributed by atoms with van der Waals surface area (Å²) in [5.74, 6) is -0.534. The van der Waals surface area contributed by atoms with Crippen LogP contribution in [-0.2, 0) is 0 Å². The van der Waals surface area contributed by atoms with Gasteiger partial charge in [-0.05, 0) is 101 Å². The number of nitrogens with two attached hydrogens (primary N) is 1. The standard InChI is InChI=1S/C28H40N4O5/c1-32(19-6-5-16-31-18-7-17-30-15-4-3-14-29)21-10-8-20(9-11-21)26-25(35)24(34)22-12-13-23(33)28(36-2)27(22)37-26/h8-13,30-31,33,35H,3-7,14-19,29H2,1-2H3. The molecule has 0 amide bonds. The van der Waals surface area contributed by atoms with Crippen LogP contribution in [0.25, 0.3) is 22.3 Å². The van der Waals surface area contributed by atoms with E-state index in [1.54, 1.807) is 12.1 Å². The lowest BCUT2D eigenvalue weighted by molar-refractivity contribution is 0.369. The van der Waals surface area contributed by atoms with Crippen LogP contribution in [0.1, 0.15) is 32.1 Å². The van der Waals surface area contributed by atoms with Gasteiger partial charge in [-0.1, -0.05) is 0 Å². The van der Waals surface area contributed by atoms with Crippen LogP contribution in [0.4, 0.5) is 5.69 Å². The van der Waals surface area contributed by atoms with Crippen molar-refractivity contribution in [3.05, 3.63) is 46.6 Å². The van der Waals surface area contributed by atoms with Gasteiger partial charge in [-0.2, -0.15) is 0 Å². The summed E-state index contributed by atoms with van der Waals surface area (Å²) >= 11 is 0. The molecule has 2 aromatic carbocycles. The number of ether oxygens (including phenoxy) is 1. The number of hydrogen-bond acceptors (Lipinski definition) is 9. The van der Waals surface area contributed by atoms with Gasteiger partial charge in [0.25, 0.3) is 0 Å². The zero-order valence-electron chi connectivity index (χ0n) is 21.9. The lowest BCUT2D eigenvalue weighted by atomic mass is 10.1. The topological polar surface area (TPSA) is 133 Å². The predicted molar refractivity (Wildman–Crippen MR) is 149 cm³/mol. The Morgan fingerprint density at radius 2 is 1.57 bits per heavy atom. The molecule has 0 aliphatic rings. The van der Waals surface area contributed by atoms with Crippen LogP contribution in [0.5, 0.6) is 17.2 Å². The van der Waals surface area contributed by atoms with Crippen LogP contribution in [0.2, 0.25) is 0 Å². The highest BCUT2D eigenvalue weighted by Gasteiger charge is 2.20. The van der Waals surface area contributed by atoms with Crippen molar-refractivity contribution in [3.8, 4) is 28.6 Å². The molecule has 0 atom stereocenters. The van der Waals surface area contributed by atoms with Gasteiger partial charge in [0.05, 0.1) is 12.5 Å². The first-order chi connectivity index (χ1) is 18.0. The van der Waals surface area contributed by atoms with E-state index in [-0.39, 0.29) is 28.2 Å². The highest BCUT2D eigenvalue weighted by atomic mass is 16.5. The number of anilines is 1. The number of hydrogen-bond donors (Lipinski definition) is 5. The van der Waals surface area contributed by atoms with Crippen molar-refractivity contribution in [2.75, 3.05) is 58.3 Å². The Hall–Kier alpha value is -3.27. The second-order valence-corrected chi connectivity index (χ2v) is 9.13. The molecule has 0 saturated heterocycles. The summed E-state index contributed by atoms with van der Waals surface area (Å²) in [7, 11) is 3.42. The summed E-state index contributed by atoms with van der Waals surface area (Å²) in [6, 6.07) is 10.2. The highest BCUT2D eigenvalue weighted by molar-refractivity contribution is 5.88. The minimum absolute atomic E-state index is 0.0347. The smallest absolute Gasteiger partial charge is 0.235 e. The zero-order chi connectivity index (χ0) is 26.6. The average Bonchev–Trinajstić information content (AvgIpc) is 2.91. The molecule has 0 aliphatic carbocycles. The minimum atomic E-state index is -0.580. The number of phenolic OH excluding ortho intramolecular Hbond substituents is 1. The van der Waals surface area contributed by atoms with Crippen molar-refractivity contribution in [1.29, 1.82) is 0 Å². The van der Waals surface area contributed by atoms with Crippen LogP contribution < -0.4 is 31.4 Å². The molecule has 0 unspecified atom stereocenters. The number of methoxy groups -OCH3 is 1. The van der Waals surface area contributed by atoms with Gasteiger partial charge in [-0.3, -0.25) is 4.79 Å². The summed E-state index contributed by atoms with van der Waals surface area (Å²) < 4.78 is 11.1. The lowest BCUT2D eigenvalue weighted by Crippen LogP contribution is -2.24. The quantitative estimate of drug-likeness (QED) is 0.183. The molecule has 0 bridgehead atoms. The number of benzene rings is 2. The van der Waals surface area contributed by atoms with Gasteiger partial charge >= 0.3 is 0 Å². The van der Waals surface area contributed by atoms with E-state index >= 15 is 0 Å². The second-order valence-electron chi connectivity index (χ2n) is 9.13. The van der Waals surface area contributed by atoms with Gasteiger partial charge in [0, 0.05) is 24.8 Å². The largest absolute Gasteiger partial charge is 0.504 e.